The van der Waals surface area contributed by atoms with Crippen molar-refractivity contribution < 1.29 is 32.6 Å². The molecule has 49 heavy (non-hydrogen) atoms. The summed E-state index contributed by atoms with van der Waals surface area (Å²) in [5.74, 6) is -2.74. The molecular weight excluding hydrogens is 646 g/mol. The Kier molecular flexibility index (Phi) is 15.1. The van der Waals surface area contributed by atoms with E-state index in [1.54, 1.807) is 34.6 Å². The number of nitrogens with zero attached hydrogens (tertiary/aromatic N) is 3. The molecule has 12 nitrogen and oxygen atoms in total. The van der Waals surface area contributed by atoms with E-state index in [1.807, 2.05) is 81.4 Å². The minimum absolute atomic E-state index is 0.000406. The first-order valence-corrected chi connectivity index (χ1v) is 17.4. The lowest BCUT2D eigenvalue weighted by Crippen LogP contribution is -2.51. The summed E-state index contributed by atoms with van der Waals surface area (Å²) in [6.45, 7) is 5.96. The molecule has 0 unspecified atom stereocenters. The minimum Gasteiger partial charge on any atom is -0.328 e. The maximum absolute atomic E-state index is 13.7. The van der Waals surface area contributed by atoms with Crippen LogP contribution in [-0.4, -0.2) is 50.5 Å². The van der Waals surface area contributed by atoms with Gasteiger partial charge in [-0.1, -0.05) is 92.2 Å². The second-order valence-electron chi connectivity index (χ2n) is 12.2. The van der Waals surface area contributed by atoms with E-state index in [-0.39, 0.29) is 29.8 Å². The molecule has 0 saturated carbocycles. The van der Waals surface area contributed by atoms with Gasteiger partial charge in [-0.3, -0.25) is 29.6 Å². The first kappa shape index (κ1) is 38.6. The smallest absolute Gasteiger partial charge is 0.294 e. The number of rotatable bonds is 14. The second-order valence-corrected chi connectivity index (χ2v) is 13.6. The SMILES string of the molecule is CC(C)C[C@@H](C(=O)NN(Cc1ccccc1)C(=O)Cn1ccnc1)[C@H](CCCc1ccccc1)C(=O)NO.Cc1ccc(S(=O)(=O)O)cc1. The van der Waals surface area contributed by atoms with Crippen LogP contribution in [0.4, 0.5) is 0 Å². The van der Waals surface area contributed by atoms with Crippen molar-refractivity contribution in [3.63, 3.8) is 0 Å². The number of aryl methyl sites for hydroxylation is 2. The Morgan fingerprint density at radius 1 is 0.878 bits per heavy atom. The quantitative estimate of drug-likeness (QED) is 0.0814. The van der Waals surface area contributed by atoms with Gasteiger partial charge in [0.15, 0.2) is 0 Å². The molecule has 0 bridgehead atoms. The van der Waals surface area contributed by atoms with Crippen molar-refractivity contribution in [2.75, 3.05) is 0 Å². The largest absolute Gasteiger partial charge is 0.328 e. The summed E-state index contributed by atoms with van der Waals surface area (Å²) in [6.07, 6.45) is 7.04. The van der Waals surface area contributed by atoms with Crippen LogP contribution >= 0.6 is 0 Å². The van der Waals surface area contributed by atoms with E-state index in [4.69, 9.17) is 4.55 Å². The number of hydrogen-bond donors (Lipinski definition) is 4. The fourth-order valence-corrected chi connectivity index (χ4v) is 5.71. The Labute approximate surface area is 287 Å². The molecule has 1 aromatic heterocycles. The summed E-state index contributed by atoms with van der Waals surface area (Å²) in [6, 6.07) is 25.3. The zero-order valence-electron chi connectivity index (χ0n) is 28.0. The molecule has 0 spiro atoms. The minimum atomic E-state index is -4.02. The van der Waals surface area contributed by atoms with Crippen molar-refractivity contribution in [3.8, 4) is 0 Å². The highest BCUT2D eigenvalue weighted by Crippen LogP contribution is 2.27. The highest BCUT2D eigenvalue weighted by atomic mass is 32.2. The predicted octanol–water partition coefficient (Wildman–Crippen LogP) is 4.99. The topological polar surface area (TPSA) is 171 Å². The molecule has 4 rings (SSSR count). The van der Waals surface area contributed by atoms with Crippen molar-refractivity contribution in [2.24, 2.45) is 17.8 Å². The molecule has 3 amide bonds. The molecule has 262 valence electrons. The van der Waals surface area contributed by atoms with Gasteiger partial charge in [0, 0.05) is 12.4 Å². The zero-order valence-corrected chi connectivity index (χ0v) is 28.8. The van der Waals surface area contributed by atoms with Gasteiger partial charge in [-0.2, -0.15) is 8.42 Å². The monoisotopic (exact) mass is 691 g/mol. The van der Waals surface area contributed by atoms with Gasteiger partial charge in [-0.05, 0) is 61.8 Å². The number of hydrogen-bond acceptors (Lipinski definition) is 7. The van der Waals surface area contributed by atoms with Crippen molar-refractivity contribution in [2.45, 2.75) is 64.4 Å². The van der Waals surface area contributed by atoms with Crippen LogP contribution in [0, 0.1) is 24.7 Å². The molecule has 3 aromatic carbocycles. The van der Waals surface area contributed by atoms with Crippen molar-refractivity contribution in [1.29, 1.82) is 0 Å². The molecule has 0 saturated heterocycles. The summed E-state index contributed by atoms with van der Waals surface area (Å²) < 4.78 is 31.2. The Morgan fingerprint density at radius 2 is 1.49 bits per heavy atom. The molecule has 13 heteroatoms. The van der Waals surface area contributed by atoms with Crippen LogP contribution in [0.15, 0.2) is 109 Å². The third-order valence-electron chi connectivity index (χ3n) is 7.74. The van der Waals surface area contributed by atoms with Crippen molar-refractivity contribution >= 4 is 27.8 Å². The van der Waals surface area contributed by atoms with E-state index in [2.05, 4.69) is 10.4 Å². The zero-order chi connectivity index (χ0) is 35.8. The van der Waals surface area contributed by atoms with Crippen LogP contribution in [0.5, 0.6) is 0 Å². The number of hydroxylamine groups is 1. The van der Waals surface area contributed by atoms with Crippen molar-refractivity contribution in [3.05, 3.63) is 120 Å². The van der Waals surface area contributed by atoms with Crippen LogP contribution in [-0.2, 0) is 44.0 Å². The van der Waals surface area contributed by atoms with E-state index >= 15 is 0 Å². The summed E-state index contributed by atoms with van der Waals surface area (Å²) in [7, 11) is -4.02. The highest BCUT2D eigenvalue weighted by Gasteiger charge is 2.35. The lowest BCUT2D eigenvalue weighted by molar-refractivity contribution is -0.148. The molecule has 0 fully saturated rings. The lowest BCUT2D eigenvalue weighted by Gasteiger charge is -2.30. The molecule has 0 aliphatic carbocycles. The molecule has 0 aliphatic heterocycles. The molecule has 1 heterocycles. The summed E-state index contributed by atoms with van der Waals surface area (Å²) in [5.41, 5.74) is 7.50. The van der Waals surface area contributed by atoms with Gasteiger partial charge < -0.3 is 4.57 Å². The van der Waals surface area contributed by atoms with E-state index in [1.165, 1.54) is 23.5 Å². The number of hydrazine groups is 1. The van der Waals surface area contributed by atoms with Crippen LogP contribution in [0.3, 0.4) is 0 Å². The van der Waals surface area contributed by atoms with E-state index in [9.17, 15) is 28.0 Å². The number of benzene rings is 3. The second kappa shape index (κ2) is 19.2. The summed E-state index contributed by atoms with van der Waals surface area (Å²) in [5, 5.41) is 10.8. The molecule has 4 N–H and O–H groups in total. The van der Waals surface area contributed by atoms with Crippen LogP contribution in [0.1, 0.15) is 49.8 Å². The first-order chi connectivity index (χ1) is 23.4. The fourth-order valence-electron chi connectivity index (χ4n) is 5.23. The third kappa shape index (κ3) is 13.3. The average Bonchev–Trinajstić information content (AvgIpc) is 3.59. The van der Waals surface area contributed by atoms with Gasteiger partial charge in [0.1, 0.15) is 6.54 Å². The third-order valence-corrected chi connectivity index (χ3v) is 8.61. The van der Waals surface area contributed by atoms with Gasteiger partial charge in [0.2, 0.25) is 11.8 Å². The standard InChI is InChI=1S/C29H37N5O4.C7H8O3S/c1-22(2)18-26(25(29(37)32-38)15-9-14-23-10-5-3-6-11-23)28(36)31-34(19-24-12-7-4-8-13-24)27(35)20-33-17-16-30-21-33;1-6-2-4-7(5-3-6)11(8,9)10/h3-8,10-13,16-17,21-22,25-26,38H,9,14-15,18-20H2,1-2H3,(H,31,36)(H,32,37);2-5H,1H3,(H,8,9,10)/t25-,26+;/m0./s1. The fraction of sp³-hybridized carbons (Fsp3) is 0.333. The van der Waals surface area contributed by atoms with E-state index < -0.39 is 33.8 Å². The van der Waals surface area contributed by atoms with Crippen LogP contribution in [0.2, 0.25) is 0 Å². The highest BCUT2D eigenvalue weighted by molar-refractivity contribution is 7.85. The number of amides is 3. The number of carbonyl (C=O) groups excluding carboxylic acids is 3. The van der Waals surface area contributed by atoms with Crippen LogP contribution in [0.25, 0.3) is 0 Å². The van der Waals surface area contributed by atoms with Gasteiger partial charge >= 0.3 is 0 Å². The maximum atomic E-state index is 13.7. The van der Waals surface area contributed by atoms with Gasteiger partial charge in [0.25, 0.3) is 16.0 Å². The first-order valence-electron chi connectivity index (χ1n) is 16.0. The lowest BCUT2D eigenvalue weighted by atomic mass is 9.81. The Hall–Kier alpha value is -4.85. The van der Waals surface area contributed by atoms with Crippen molar-refractivity contribution in [1.82, 2.24) is 25.5 Å². The Morgan fingerprint density at radius 3 is 2.02 bits per heavy atom. The average molecular weight is 692 g/mol. The van der Waals surface area contributed by atoms with Gasteiger partial charge in [-0.15, -0.1) is 0 Å². The summed E-state index contributed by atoms with van der Waals surface area (Å²) in [4.78, 5) is 43.6. The Bertz CT molecular complexity index is 1700. The number of nitrogens with one attached hydrogen (secondary N) is 2. The number of aromatic nitrogens is 2. The molecule has 2 atom stereocenters. The number of imidazole rings is 1. The van der Waals surface area contributed by atoms with Gasteiger partial charge in [-0.25, -0.2) is 15.5 Å². The molecular formula is C36H45N5O7S. The van der Waals surface area contributed by atoms with E-state index in [0.29, 0.717) is 19.3 Å². The number of carbonyl (C=O) groups is 3. The normalized spacial score (nSPS) is 12.3. The van der Waals surface area contributed by atoms with Gasteiger partial charge in [0.05, 0.1) is 29.6 Å². The summed E-state index contributed by atoms with van der Waals surface area (Å²) >= 11 is 0. The molecule has 4 aromatic rings. The predicted molar refractivity (Wildman–Crippen MR) is 184 cm³/mol. The molecule has 0 aliphatic rings. The molecule has 0 radical (unpaired) electrons. The van der Waals surface area contributed by atoms with Crippen LogP contribution < -0.4 is 10.9 Å². The van der Waals surface area contributed by atoms with E-state index in [0.717, 1.165) is 23.1 Å². The maximum Gasteiger partial charge on any atom is 0.294 e. The Balaban J connectivity index is 0.000000501.